The molecule has 10 heterocycles. The number of imidazole rings is 1. The van der Waals surface area contributed by atoms with Crippen molar-refractivity contribution in [2.75, 3.05) is 0 Å². The van der Waals surface area contributed by atoms with Crippen molar-refractivity contribution < 1.29 is 4.52 Å². The summed E-state index contributed by atoms with van der Waals surface area (Å²) in [5.41, 5.74) is 9.60. The smallest absolute Gasteiger partial charge is 0.123 e. The maximum absolute atomic E-state index is 4.33. The van der Waals surface area contributed by atoms with Crippen LogP contribution in [0.25, 0.3) is 0 Å². The van der Waals surface area contributed by atoms with Crippen molar-refractivity contribution in [1.82, 2.24) is 59.6 Å². The number of fused-ring (bicyclic) bond motifs is 2. The molecule has 0 fully saturated rings. The van der Waals surface area contributed by atoms with Crippen molar-refractivity contribution in [2.24, 2.45) is 52.9 Å². The number of aromatic amines is 1. The van der Waals surface area contributed by atoms with E-state index in [0.717, 1.165) is 47.0 Å². The highest BCUT2D eigenvalue weighted by Crippen LogP contribution is 2.22. The number of nitrogens with one attached hydrogen (secondary N) is 1. The fourth-order valence-electron chi connectivity index (χ4n) is 3.30. The fraction of sp³-hybridized carbons (Fsp3) is 0.600. The molecule has 0 aliphatic carbocycles. The zero-order valence-electron chi connectivity index (χ0n) is 60.9. The van der Waals surface area contributed by atoms with E-state index in [1.165, 1.54) is 24.1 Å². The summed E-state index contributed by atoms with van der Waals surface area (Å²) in [6.45, 7) is 69.1. The first kappa shape index (κ1) is 90.3. The van der Waals surface area contributed by atoms with E-state index in [9.17, 15) is 0 Å². The van der Waals surface area contributed by atoms with Gasteiger partial charge in [0.25, 0.3) is 0 Å². The van der Waals surface area contributed by atoms with Crippen LogP contribution in [0, 0.1) is 37.9 Å². The van der Waals surface area contributed by atoms with Crippen molar-refractivity contribution in [3.05, 3.63) is 150 Å². The number of aromatic nitrogens is 12. The predicted molar refractivity (Wildman–Crippen MR) is 383 cm³/mol. The topological polar surface area (TPSA) is 208 Å². The van der Waals surface area contributed by atoms with E-state index in [2.05, 4.69) is 294 Å². The van der Waals surface area contributed by atoms with Crippen molar-refractivity contribution in [2.45, 2.75) is 240 Å². The molecule has 18 heteroatoms. The predicted octanol–water partition coefficient (Wildman–Crippen LogP) is 20.7. The molecule has 0 bridgehead atoms. The van der Waals surface area contributed by atoms with E-state index >= 15 is 0 Å². The van der Waals surface area contributed by atoms with Gasteiger partial charge in [0.1, 0.15) is 35.8 Å². The average Bonchev–Trinajstić information content (AvgIpc) is 4.27. The van der Waals surface area contributed by atoms with Gasteiger partial charge in [-0.2, -0.15) is 0 Å². The summed E-state index contributed by atoms with van der Waals surface area (Å²) in [5.74, 6) is 0. The number of aliphatic imine (C=N–C) groups is 3. The van der Waals surface area contributed by atoms with Crippen LogP contribution in [0.1, 0.15) is 249 Å². The fourth-order valence-corrected chi connectivity index (χ4v) is 4.29. The minimum Gasteiger partial charge on any atom is -0.365 e. The maximum atomic E-state index is 4.33. The third-order valence-electron chi connectivity index (χ3n) is 5.71. The van der Waals surface area contributed by atoms with Gasteiger partial charge in [-0.3, -0.25) is 15.0 Å². The lowest BCUT2D eigenvalue weighted by atomic mass is 9.98. The third-order valence-corrected chi connectivity index (χ3v) is 7.35. The Kier molecular flexibility index (Phi) is 51.8. The highest BCUT2D eigenvalue weighted by atomic mass is 32.1. The molecule has 0 spiro atoms. The molecular formula is C70H123N15OS2. The average molecular weight is 1250 g/mol. The number of allylic oxidation sites excluding steroid dienone is 1. The van der Waals surface area contributed by atoms with Crippen molar-refractivity contribution in [3.8, 4) is 0 Å². The second kappa shape index (κ2) is 50.5. The molecule has 0 saturated heterocycles. The Morgan fingerprint density at radius 3 is 1.09 bits per heavy atom. The van der Waals surface area contributed by atoms with Crippen LogP contribution in [0.5, 0.6) is 0 Å². The Bertz CT molecular complexity index is 2260. The Balaban J connectivity index is -0.000000282. The first-order chi connectivity index (χ1) is 40.0. The summed E-state index contributed by atoms with van der Waals surface area (Å²) < 4.78 is 8.10. The summed E-state index contributed by atoms with van der Waals surface area (Å²) >= 11 is 3.07. The van der Waals surface area contributed by atoms with Gasteiger partial charge in [-0.25, -0.2) is 39.3 Å². The summed E-state index contributed by atoms with van der Waals surface area (Å²) in [6, 6.07) is 5.41. The molecule has 496 valence electrons. The van der Waals surface area contributed by atoms with Crippen LogP contribution in [0.3, 0.4) is 0 Å². The number of hydrogen-bond acceptors (Lipinski definition) is 17. The monoisotopic (exact) mass is 1250 g/mol. The van der Waals surface area contributed by atoms with E-state index < -0.39 is 0 Å². The number of H-pyrrole nitrogens is 1. The number of hydrogen-bond donors (Lipinski definition) is 1. The van der Waals surface area contributed by atoms with Crippen LogP contribution in [0.2, 0.25) is 0 Å². The zero-order chi connectivity index (χ0) is 69.0. The molecule has 88 heavy (non-hydrogen) atoms. The SMILES string of the molecule is C1=CN=CC1.C1=NCc2ncncc21.C1=NCc2ncncc21.CC(C)(C)C.CC(C)(C)C.CC(C)(C)C.CC(C)(C)C.CC(C)(C)C.CC(C)(C)C.CC(C)(C)C.CC(C)(C)c1nncs1.c1c[nH]cn1.c1cncnc1.c1cnoc1.c1cnsc1. The van der Waals surface area contributed by atoms with E-state index in [-0.39, 0.29) is 5.41 Å². The van der Waals surface area contributed by atoms with Crippen LogP contribution in [0.4, 0.5) is 0 Å². The molecule has 0 unspecified atom stereocenters. The van der Waals surface area contributed by atoms with Gasteiger partial charge in [-0.15, -0.1) is 21.5 Å². The van der Waals surface area contributed by atoms with Crippen LogP contribution in [0.15, 0.2) is 142 Å². The molecule has 10 rings (SSSR count). The molecule has 3 aliphatic heterocycles. The molecule has 7 aromatic rings. The van der Waals surface area contributed by atoms with Gasteiger partial charge in [-0.1, -0.05) is 226 Å². The molecule has 0 atom stereocenters. The summed E-state index contributed by atoms with van der Waals surface area (Å²) in [6.07, 6.45) is 31.8. The minimum atomic E-state index is 0.168. The van der Waals surface area contributed by atoms with Crippen molar-refractivity contribution in [1.29, 1.82) is 0 Å². The van der Waals surface area contributed by atoms with Gasteiger partial charge in [0.2, 0.25) is 0 Å². The van der Waals surface area contributed by atoms with Crippen LogP contribution >= 0.6 is 22.9 Å². The summed E-state index contributed by atoms with van der Waals surface area (Å²) in [5, 5.41) is 14.1. The maximum Gasteiger partial charge on any atom is 0.123 e. The molecule has 0 saturated carbocycles. The van der Waals surface area contributed by atoms with E-state index in [0.29, 0.717) is 37.9 Å². The molecule has 7 aromatic heterocycles. The molecular weight excluding hydrogens is 1130 g/mol. The van der Waals surface area contributed by atoms with Gasteiger partial charge in [0, 0.05) is 96.6 Å². The molecule has 3 aliphatic rings. The molecule has 0 radical (unpaired) electrons. The standard InChI is InChI=1S/2C6H5N3.C6H10N2S.7C5H12.C4H4N2.C4H5N.C3H4N2.C3H3NO.C3H3NS/c2*1-5-2-8-4-9-6(5)3-7-1;1-6(2,3)5-8-7-4-9-5;7*1-5(2,3)4;1-2-5-4-6-3-1;1-2-4-5-3-1;1-2-5-3-4-1;2*1-2-4-5-3-1/h2*1-2,4H,3H2;4H,1-3H3;7*1-4H3;1-4H;1,3-4H,2H2;1-3H,(H,4,5);2*1-3H. The van der Waals surface area contributed by atoms with E-state index in [4.69, 9.17) is 0 Å². The second-order valence-electron chi connectivity index (χ2n) is 31.8. The van der Waals surface area contributed by atoms with Gasteiger partial charge < -0.3 is 9.51 Å². The Hall–Kier alpha value is -6.40. The highest BCUT2D eigenvalue weighted by Gasteiger charge is 2.16. The number of nitrogens with zero attached hydrogens (tertiary/aromatic N) is 14. The van der Waals surface area contributed by atoms with Gasteiger partial charge in [0.15, 0.2) is 0 Å². The Morgan fingerprint density at radius 1 is 0.477 bits per heavy atom. The molecule has 0 amide bonds. The summed E-state index contributed by atoms with van der Waals surface area (Å²) in [4.78, 5) is 41.3. The Labute approximate surface area is 545 Å². The first-order valence-electron chi connectivity index (χ1n) is 29.9. The van der Waals surface area contributed by atoms with Crippen LogP contribution in [-0.4, -0.2) is 78.2 Å². The van der Waals surface area contributed by atoms with E-state index in [1.54, 1.807) is 116 Å². The first-order valence-corrected chi connectivity index (χ1v) is 31.6. The van der Waals surface area contributed by atoms with Crippen molar-refractivity contribution in [3.63, 3.8) is 0 Å². The minimum absolute atomic E-state index is 0.168. The highest BCUT2D eigenvalue weighted by molar-refractivity contribution is 7.09. The third kappa shape index (κ3) is 111. The van der Waals surface area contributed by atoms with Crippen LogP contribution in [-0.2, 0) is 18.5 Å². The largest absolute Gasteiger partial charge is 0.365 e. The zero-order valence-corrected chi connectivity index (χ0v) is 62.5. The van der Waals surface area contributed by atoms with Gasteiger partial charge in [-0.05, 0) is 67.6 Å². The molecule has 16 nitrogen and oxygen atoms in total. The lowest BCUT2D eigenvalue weighted by molar-refractivity contribution is 0.420. The second-order valence-corrected chi connectivity index (χ2v) is 33.3. The van der Waals surface area contributed by atoms with Crippen LogP contribution < -0.4 is 0 Å². The lowest BCUT2D eigenvalue weighted by Crippen LogP contribution is -2.10. The molecule has 0 aromatic carbocycles. The van der Waals surface area contributed by atoms with Crippen molar-refractivity contribution >= 4 is 41.5 Å². The lowest BCUT2D eigenvalue weighted by Gasteiger charge is -2.11. The number of rotatable bonds is 0. The Morgan fingerprint density at radius 2 is 0.920 bits per heavy atom. The van der Waals surface area contributed by atoms with Gasteiger partial charge in [0.05, 0.1) is 37.0 Å². The molecule has 1 N–H and O–H groups in total. The van der Waals surface area contributed by atoms with E-state index in [1.807, 2.05) is 23.7 Å². The normalized spacial score (nSPS) is 11.7. The quantitative estimate of drug-likeness (QED) is 0.150. The van der Waals surface area contributed by atoms with Gasteiger partial charge >= 0.3 is 0 Å². The summed E-state index contributed by atoms with van der Waals surface area (Å²) in [7, 11) is 0.